The van der Waals surface area contributed by atoms with Crippen LogP contribution in [0.4, 0.5) is 8.78 Å². The minimum atomic E-state index is -2.83. The van der Waals surface area contributed by atoms with Gasteiger partial charge in [0.1, 0.15) is 0 Å². The highest BCUT2D eigenvalue weighted by atomic mass is 19.3. The summed E-state index contributed by atoms with van der Waals surface area (Å²) < 4.78 is 27.2. The van der Waals surface area contributed by atoms with E-state index in [1.54, 1.807) is 12.1 Å². The van der Waals surface area contributed by atoms with Gasteiger partial charge in [0.2, 0.25) is 0 Å². The molecule has 0 unspecified atom stereocenters. The highest BCUT2D eigenvalue weighted by Gasteiger charge is 2.25. The summed E-state index contributed by atoms with van der Waals surface area (Å²) in [6, 6.07) is 10.8. The average Bonchev–Trinajstić information content (AvgIpc) is 2.45. The monoisotopic (exact) mass is 286 g/mol. The Hall–Kier alpha value is -1.96. The van der Waals surface area contributed by atoms with E-state index in [-0.39, 0.29) is 5.56 Å². The van der Waals surface area contributed by atoms with Crippen LogP contribution >= 0.6 is 0 Å². The van der Waals surface area contributed by atoms with E-state index in [0.717, 1.165) is 41.2 Å². The van der Waals surface area contributed by atoms with Gasteiger partial charge in [-0.05, 0) is 47.2 Å². The first-order chi connectivity index (χ1) is 9.88. The Morgan fingerprint density at radius 2 is 1.86 bits per heavy atom. The second kappa shape index (κ2) is 5.80. The second-order valence-electron chi connectivity index (χ2n) is 5.35. The Bertz CT molecular complexity index is 664. The van der Waals surface area contributed by atoms with Gasteiger partial charge < -0.3 is 0 Å². The van der Waals surface area contributed by atoms with E-state index in [1.165, 1.54) is 6.07 Å². The van der Waals surface area contributed by atoms with E-state index in [2.05, 4.69) is 13.5 Å². The number of hydrogen-bond acceptors (Lipinski definition) is 0. The van der Waals surface area contributed by atoms with Crippen molar-refractivity contribution in [3.05, 3.63) is 65.2 Å². The number of alkyl halides is 2. The first-order valence-corrected chi connectivity index (χ1v) is 7.12. The molecule has 0 saturated carbocycles. The van der Waals surface area contributed by atoms with Crippen LogP contribution < -0.4 is 0 Å². The lowest BCUT2D eigenvalue weighted by molar-refractivity contribution is 0.0175. The van der Waals surface area contributed by atoms with Gasteiger partial charge in [0.05, 0.1) is 0 Å². The Morgan fingerprint density at radius 1 is 1.14 bits per heavy atom. The van der Waals surface area contributed by atoms with Gasteiger partial charge in [0.25, 0.3) is 5.92 Å². The predicted octanol–water partition coefficient (Wildman–Crippen LogP) is 5.98. The number of aryl methyl sites for hydroxylation is 1. The zero-order valence-electron chi connectivity index (χ0n) is 12.7. The predicted molar refractivity (Wildman–Crippen MR) is 85.7 cm³/mol. The molecule has 0 N–H and O–H groups in total. The minimum absolute atomic E-state index is 0.0501. The van der Waals surface area contributed by atoms with Gasteiger partial charge in [0, 0.05) is 12.5 Å². The molecule has 0 aromatic heterocycles. The second-order valence-corrected chi connectivity index (χ2v) is 5.35. The topological polar surface area (TPSA) is 0 Å². The fraction of sp³-hybridized carbons (Fsp3) is 0.263. The van der Waals surface area contributed by atoms with Gasteiger partial charge in [-0.15, -0.1) is 0 Å². The van der Waals surface area contributed by atoms with Crippen molar-refractivity contribution in [3.63, 3.8) is 0 Å². The molecule has 0 heterocycles. The number of benzene rings is 2. The summed E-state index contributed by atoms with van der Waals surface area (Å²) in [5.74, 6) is -2.83. The summed E-state index contributed by atoms with van der Waals surface area (Å²) in [6.07, 6.45) is 2.65. The standard InChI is InChI=1S/C19H20F2/c1-5-14-8-7-9-17(16(14)6-2)18-12-15(19(4,20)21)11-10-13(18)3/h5,7-12H,1,6H2,2-4H3. The molecule has 0 bridgehead atoms. The molecule has 0 aliphatic carbocycles. The van der Waals surface area contributed by atoms with Crippen LogP contribution in [0.3, 0.4) is 0 Å². The molecule has 0 aliphatic rings. The van der Waals surface area contributed by atoms with Crippen LogP contribution in [0.1, 0.15) is 36.1 Å². The van der Waals surface area contributed by atoms with Crippen LogP contribution in [0.15, 0.2) is 43.0 Å². The molecule has 0 spiro atoms. The Morgan fingerprint density at radius 3 is 2.43 bits per heavy atom. The molecular formula is C19H20F2. The van der Waals surface area contributed by atoms with Crippen molar-refractivity contribution in [1.82, 2.24) is 0 Å². The van der Waals surface area contributed by atoms with Crippen LogP contribution in [0.2, 0.25) is 0 Å². The number of rotatable bonds is 4. The molecule has 0 saturated heterocycles. The van der Waals surface area contributed by atoms with E-state index in [1.807, 2.05) is 31.2 Å². The Labute approximate surface area is 125 Å². The minimum Gasteiger partial charge on any atom is -0.202 e. The first-order valence-electron chi connectivity index (χ1n) is 7.12. The molecular weight excluding hydrogens is 266 g/mol. The third kappa shape index (κ3) is 3.05. The molecule has 0 amide bonds. The zero-order chi connectivity index (χ0) is 15.6. The average molecular weight is 286 g/mol. The normalized spacial score (nSPS) is 11.5. The lowest BCUT2D eigenvalue weighted by atomic mass is 9.90. The zero-order valence-corrected chi connectivity index (χ0v) is 12.7. The Balaban J connectivity index is 2.70. The maximum absolute atomic E-state index is 13.6. The van der Waals surface area contributed by atoms with Gasteiger partial charge in [-0.1, -0.05) is 49.9 Å². The van der Waals surface area contributed by atoms with Crippen molar-refractivity contribution < 1.29 is 8.78 Å². The third-order valence-electron chi connectivity index (χ3n) is 3.82. The van der Waals surface area contributed by atoms with Gasteiger partial charge in [-0.25, -0.2) is 8.78 Å². The summed E-state index contributed by atoms with van der Waals surface area (Å²) in [6.45, 7) is 8.79. The third-order valence-corrected chi connectivity index (χ3v) is 3.82. The van der Waals surface area contributed by atoms with E-state index in [4.69, 9.17) is 0 Å². The van der Waals surface area contributed by atoms with Crippen molar-refractivity contribution in [2.45, 2.75) is 33.1 Å². The van der Waals surface area contributed by atoms with Crippen molar-refractivity contribution >= 4 is 6.08 Å². The number of halogens is 2. The maximum atomic E-state index is 13.6. The molecule has 2 aromatic rings. The van der Waals surface area contributed by atoms with E-state index >= 15 is 0 Å². The van der Waals surface area contributed by atoms with Crippen molar-refractivity contribution in [2.75, 3.05) is 0 Å². The van der Waals surface area contributed by atoms with Gasteiger partial charge in [-0.3, -0.25) is 0 Å². The lowest BCUT2D eigenvalue weighted by Crippen LogP contribution is -2.07. The molecule has 0 fully saturated rings. The SMILES string of the molecule is C=Cc1cccc(-c2cc(C(C)(F)F)ccc2C)c1CC. The van der Waals surface area contributed by atoms with Crippen LogP contribution in [-0.4, -0.2) is 0 Å². The summed E-state index contributed by atoms with van der Waals surface area (Å²) in [5.41, 5.74) is 5.14. The summed E-state index contributed by atoms with van der Waals surface area (Å²) in [4.78, 5) is 0. The van der Waals surface area contributed by atoms with Crippen molar-refractivity contribution in [1.29, 1.82) is 0 Å². The number of hydrogen-bond donors (Lipinski definition) is 0. The highest BCUT2D eigenvalue weighted by Crippen LogP contribution is 2.35. The maximum Gasteiger partial charge on any atom is 0.270 e. The quantitative estimate of drug-likeness (QED) is 0.648. The van der Waals surface area contributed by atoms with Gasteiger partial charge >= 0.3 is 0 Å². The van der Waals surface area contributed by atoms with Crippen LogP contribution in [-0.2, 0) is 12.3 Å². The van der Waals surface area contributed by atoms with Crippen LogP contribution in [0, 0.1) is 6.92 Å². The van der Waals surface area contributed by atoms with Crippen molar-refractivity contribution in [3.8, 4) is 11.1 Å². The summed E-state index contributed by atoms with van der Waals surface area (Å²) in [5, 5.41) is 0. The molecule has 0 atom stereocenters. The molecule has 2 rings (SSSR count). The van der Waals surface area contributed by atoms with E-state index in [0.29, 0.717) is 0 Å². The smallest absolute Gasteiger partial charge is 0.202 e. The largest absolute Gasteiger partial charge is 0.270 e. The Kier molecular flexibility index (Phi) is 4.26. The summed E-state index contributed by atoms with van der Waals surface area (Å²) >= 11 is 0. The van der Waals surface area contributed by atoms with E-state index in [9.17, 15) is 8.78 Å². The molecule has 2 heteroatoms. The van der Waals surface area contributed by atoms with Gasteiger partial charge in [-0.2, -0.15) is 0 Å². The van der Waals surface area contributed by atoms with Crippen molar-refractivity contribution in [2.24, 2.45) is 0 Å². The van der Waals surface area contributed by atoms with Crippen LogP contribution in [0.5, 0.6) is 0 Å². The molecule has 110 valence electrons. The molecule has 0 aliphatic heterocycles. The van der Waals surface area contributed by atoms with E-state index < -0.39 is 5.92 Å². The summed E-state index contributed by atoms with van der Waals surface area (Å²) in [7, 11) is 0. The highest BCUT2D eigenvalue weighted by molar-refractivity contribution is 5.75. The first kappa shape index (κ1) is 15.4. The lowest BCUT2D eigenvalue weighted by Gasteiger charge is -2.17. The fourth-order valence-electron chi connectivity index (χ4n) is 2.63. The van der Waals surface area contributed by atoms with Crippen LogP contribution in [0.25, 0.3) is 17.2 Å². The molecule has 2 aromatic carbocycles. The van der Waals surface area contributed by atoms with Gasteiger partial charge in [0.15, 0.2) is 0 Å². The fourth-order valence-corrected chi connectivity index (χ4v) is 2.63. The molecule has 21 heavy (non-hydrogen) atoms. The molecule has 0 nitrogen and oxygen atoms in total. The molecule has 0 radical (unpaired) electrons.